The molecule has 2 aromatic rings. The summed E-state index contributed by atoms with van der Waals surface area (Å²) < 4.78 is 30.2. The van der Waals surface area contributed by atoms with E-state index in [0.29, 0.717) is 24.9 Å². The molecule has 4 N–H and O–H groups in total. The van der Waals surface area contributed by atoms with Gasteiger partial charge in [0.1, 0.15) is 24.3 Å². The summed E-state index contributed by atoms with van der Waals surface area (Å²) in [5, 5.41) is 10.4. The summed E-state index contributed by atoms with van der Waals surface area (Å²) in [6.45, 7) is 4.16. The minimum Gasteiger partial charge on any atom is -0.445 e. The molecule has 0 spiro atoms. The molecule has 1 fully saturated rings. The van der Waals surface area contributed by atoms with E-state index in [4.69, 9.17) is 24.9 Å². The molecule has 11 heteroatoms. The Morgan fingerprint density at radius 3 is 2.32 bits per heavy atom. The molecule has 0 aliphatic carbocycles. The molecule has 10 nitrogen and oxygen atoms in total. The van der Waals surface area contributed by atoms with Gasteiger partial charge >= 0.3 is 13.7 Å². The van der Waals surface area contributed by atoms with Gasteiger partial charge in [-0.3, -0.25) is 19.7 Å². The van der Waals surface area contributed by atoms with E-state index in [-0.39, 0.29) is 32.1 Å². The Morgan fingerprint density at radius 2 is 1.73 bits per heavy atom. The standard InChI is InChI=1S/C26H35N4O6P/c1-3-35-37(33,36-4-2)23(17-19-12-14-21(15-13-19)24(27)28)29-25(31)22-11-8-16-30(22)26(32)34-18-20-9-6-5-7-10-20/h5-7,9-10,12-15,22-23H,3-4,8,11,16-18H2,1-2H3,(H3,27,28)(H,29,31)/t22-,23+/m0/s1. The van der Waals surface area contributed by atoms with Gasteiger partial charge in [-0.25, -0.2) is 4.79 Å². The molecule has 3 rings (SSSR count). The number of carbonyl (C=O) groups is 2. The van der Waals surface area contributed by atoms with E-state index in [9.17, 15) is 14.2 Å². The number of amides is 2. The minimum absolute atomic E-state index is 0.0637. The Balaban J connectivity index is 1.75. The fraction of sp³-hybridized carbons (Fsp3) is 0.423. The number of likely N-dealkylation sites (tertiary alicyclic amines) is 1. The number of nitrogen functional groups attached to an aromatic ring is 1. The maximum Gasteiger partial charge on any atom is 0.410 e. The highest BCUT2D eigenvalue weighted by atomic mass is 31.2. The smallest absolute Gasteiger partial charge is 0.410 e. The summed E-state index contributed by atoms with van der Waals surface area (Å²) in [4.78, 5) is 27.6. The highest BCUT2D eigenvalue weighted by molar-refractivity contribution is 7.54. The molecule has 1 aliphatic heterocycles. The van der Waals surface area contributed by atoms with Crippen molar-refractivity contribution in [1.82, 2.24) is 10.2 Å². The quantitative estimate of drug-likeness (QED) is 0.214. The molecule has 0 saturated carbocycles. The third-order valence-electron chi connectivity index (χ3n) is 6.00. The first-order valence-electron chi connectivity index (χ1n) is 12.4. The fourth-order valence-electron chi connectivity index (χ4n) is 4.18. The van der Waals surface area contributed by atoms with Gasteiger partial charge in [0.15, 0.2) is 0 Å². The predicted octanol–water partition coefficient (Wildman–Crippen LogP) is 4.02. The Hall–Kier alpha value is -3.20. The molecule has 0 radical (unpaired) electrons. The Labute approximate surface area is 217 Å². The van der Waals surface area contributed by atoms with Crippen molar-refractivity contribution in [2.75, 3.05) is 19.8 Å². The van der Waals surface area contributed by atoms with Gasteiger partial charge in [-0.2, -0.15) is 0 Å². The largest absolute Gasteiger partial charge is 0.445 e. The number of hydrogen-bond acceptors (Lipinski definition) is 7. The number of nitrogens with zero attached hydrogens (tertiary/aromatic N) is 1. The van der Waals surface area contributed by atoms with Gasteiger partial charge in [-0.15, -0.1) is 0 Å². The van der Waals surface area contributed by atoms with Gasteiger partial charge < -0.3 is 24.8 Å². The zero-order valence-electron chi connectivity index (χ0n) is 21.2. The molecule has 2 aromatic carbocycles. The van der Waals surface area contributed by atoms with Crippen molar-refractivity contribution in [3.8, 4) is 0 Å². The van der Waals surface area contributed by atoms with Crippen molar-refractivity contribution in [2.24, 2.45) is 5.73 Å². The second kappa shape index (κ2) is 13.4. The van der Waals surface area contributed by atoms with Crippen molar-refractivity contribution in [1.29, 1.82) is 5.41 Å². The third kappa shape index (κ3) is 7.64. The van der Waals surface area contributed by atoms with Crippen LogP contribution in [0, 0.1) is 5.41 Å². The van der Waals surface area contributed by atoms with Crippen LogP contribution < -0.4 is 11.1 Å². The Bertz CT molecular complexity index is 1100. The first-order valence-corrected chi connectivity index (χ1v) is 14.0. The molecule has 1 saturated heterocycles. The lowest BCUT2D eigenvalue weighted by Gasteiger charge is -2.30. The Morgan fingerprint density at radius 1 is 1.08 bits per heavy atom. The molecule has 1 aliphatic rings. The Kier molecular flexibility index (Phi) is 10.3. The molecule has 0 aromatic heterocycles. The minimum atomic E-state index is -3.75. The highest BCUT2D eigenvalue weighted by Gasteiger charge is 2.41. The van der Waals surface area contributed by atoms with E-state index in [0.717, 1.165) is 11.1 Å². The fourth-order valence-corrected chi connectivity index (χ4v) is 6.06. The summed E-state index contributed by atoms with van der Waals surface area (Å²) >= 11 is 0. The monoisotopic (exact) mass is 530 g/mol. The average Bonchev–Trinajstić information content (AvgIpc) is 3.38. The predicted molar refractivity (Wildman–Crippen MR) is 140 cm³/mol. The molecule has 2 atom stereocenters. The van der Waals surface area contributed by atoms with Crippen molar-refractivity contribution in [3.05, 3.63) is 71.3 Å². The second-order valence-corrected chi connectivity index (χ2v) is 10.8. The molecule has 0 bridgehead atoms. The summed E-state index contributed by atoms with van der Waals surface area (Å²) in [5.41, 5.74) is 7.69. The number of amidine groups is 1. The molecule has 200 valence electrons. The summed E-state index contributed by atoms with van der Waals surface area (Å²) in [5.74, 6) is -1.49. The van der Waals surface area contributed by atoms with Crippen LogP contribution in [0.25, 0.3) is 0 Å². The van der Waals surface area contributed by atoms with Gasteiger partial charge in [0.05, 0.1) is 13.2 Å². The van der Waals surface area contributed by atoms with E-state index < -0.39 is 31.4 Å². The lowest BCUT2D eigenvalue weighted by Crippen LogP contribution is -2.49. The van der Waals surface area contributed by atoms with Crippen LogP contribution >= 0.6 is 7.60 Å². The van der Waals surface area contributed by atoms with Crippen LogP contribution in [0.2, 0.25) is 0 Å². The third-order valence-corrected chi connectivity index (χ3v) is 8.31. The maximum absolute atomic E-state index is 13.7. The van der Waals surface area contributed by atoms with E-state index in [2.05, 4.69) is 5.32 Å². The maximum atomic E-state index is 13.7. The second-order valence-electron chi connectivity index (χ2n) is 8.61. The van der Waals surface area contributed by atoms with Gasteiger partial charge in [0.25, 0.3) is 0 Å². The lowest BCUT2D eigenvalue weighted by molar-refractivity contribution is -0.125. The molecule has 1 heterocycles. The van der Waals surface area contributed by atoms with Crippen LogP contribution in [0.4, 0.5) is 4.79 Å². The van der Waals surface area contributed by atoms with Crippen LogP contribution in [-0.2, 0) is 36.2 Å². The summed E-state index contributed by atoms with van der Waals surface area (Å²) in [6.07, 6.45) is 0.687. The topological polar surface area (TPSA) is 144 Å². The van der Waals surface area contributed by atoms with E-state index in [1.807, 2.05) is 30.3 Å². The van der Waals surface area contributed by atoms with Gasteiger partial charge in [-0.05, 0) is 37.8 Å². The van der Waals surface area contributed by atoms with Crippen LogP contribution in [-0.4, -0.2) is 54.3 Å². The van der Waals surface area contributed by atoms with Crippen molar-refractivity contribution in [2.45, 2.75) is 51.5 Å². The average molecular weight is 531 g/mol. The zero-order valence-corrected chi connectivity index (χ0v) is 22.1. The number of carbonyl (C=O) groups excluding carboxylic acids is 2. The van der Waals surface area contributed by atoms with Crippen LogP contribution in [0.5, 0.6) is 0 Å². The van der Waals surface area contributed by atoms with Crippen molar-refractivity contribution < 1.29 is 27.9 Å². The van der Waals surface area contributed by atoms with Crippen LogP contribution in [0.1, 0.15) is 43.4 Å². The van der Waals surface area contributed by atoms with Gasteiger partial charge in [0.2, 0.25) is 5.91 Å². The van der Waals surface area contributed by atoms with Crippen molar-refractivity contribution in [3.63, 3.8) is 0 Å². The number of rotatable bonds is 12. The number of nitrogens with two attached hydrogens (primary N) is 1. The molecular weight excluding hydrogens is 495 g/mol. The first kappa shape index (κ1) is 28.4. The summed E-state index contributed by atoms with van der Waals surface area (Å²) in [7, 11) is -3.75. The SMILES string of the molecule is CCOP(=O)(OCC)[C@H](Cc1ccc(C(=N)N)cc1)NC(=O)[C@@H]1CCCN1C(=O)OCc1ccccc1. The van der Waals surface area contributed by atoms with E-state index in [1.165, 1.54) is 4.90 Å². The molecular formula is C26H35N4O6P. The highest BCUT2D eigenvalue weighted by Crippen LogP contribution is 2.53. The number of nitrogens with one attached hydrogen (secondary N) is 2. The molecule has 0 unspecified atom stereocenters. The molecule has 2 amide bonds. The summed E-state index contributed by atoms with van der Waals surface area (Å²) in [6, 6.07) is 15.4. The van der Waals surface area contributed by atoms with Crippen LogP contribution in [0.3, 0.4) is 0 Å². The normalized spacial score (nSPS) is 16.3. The number of benzene rings is 2. The van der Waals surface area contributed by atoms with Crippen molar-refractivity contribution >= 4 is 25.4 Å². The number of hydrogen-bond donors (Lipinski definition) is 3. The number of ether oxygens (including phenoxy) is 1. The van der Waals surface area contributed by atoms with Gasteiger partial charge in [0, 0.05) is 18.5 Å². The van der Waals surface area contributed by atoms with E-state index in [1.54, 1.807) is 38.1 Å². The lowest BCUT2D eigenvalue weighted by atomic mass is 10.1. The first-order chi connectivity index (χ1) is 17.8. The van der Waals surface area contributed by atoms with Gasteiger partial charge in [-0.1, -0.05) is 54.6 Å². The van der Waals surface area contributed by atoms with Crippen LogP contribution in [0.15, 0.2) is 54.6 Å². The zero-order chi connectivity index (χ0) is 26.8. The molecule has 37 heavy (non-hydrogen) atoms. The van der Waals surface area contributed by atoms with E-state index >= 15 is 0 Å².